The topological polar surface area (TPSA) is 51.3 Å². The van der Waals surface area contributed by atoms with Crippen LogP contribution in [0.1, 0.15) is 42.5 Å². The molecule has 2 aliphatic heterocycles. The third kappa shape index (κ3) is 2.97. The molecule has 128 valence electrons. The predicted octanol–water partition coefficient (Wildman–Crippen LogP) is 4.25. The SMILES string of the molecule is CCCCCOc1ccc2c(c1)OC[C@H]1CSc3[nH]c(=O)sc3[C@H]21. The fraction of sp³-hybridized carbons (Fsp3) is 0.500. The normalized spacial score (nSPS) is 21.4. The predicted molar refractivity (Wildman–Crippen MR) is 98.0 cm³/mol. The zero-order valence-electron chi connectivity index (χ0n) is 13.7. The molecule has 0 fully saturated rings. The Morgan fingerprint density at radius 2 is 2.29 bits per heavy atom. The van der Waals surface area contributed by atoms with E-state index in [1.807, 2.05) is 12.1 Å². The zero-order valence-corrected chi connectivity index (χ0v) is 15.3. The summed E-state index contributed by atoms with van der Waals surface area (Å²) in [7, 11) is 0. The van der Waals surface area contributed by atoms with Gasteiger partial charge in [-0.25, -0.2) is 0 Å². The number of ether oxygens (including phenoxy) is 2. The van der Waals surface area contributed by atoms with Crippen molar-refractivity contribution in [3.63, 3.8) is 0 Å². The first kappa shape index (κ1) is 16.1. The molecule has 0 radical (unpaired) electrons. The largest absolute Gasteiger partial charge is 0.493 e. The molecule has 24 heavy (non-hydrogen) atoms. The molecular formula is C18H21NO3S2. The number of thiazole rings is 1. The lowest BCUT2D eigenvalue weighted by atomic mass is 9.84. The minimum atomic E-state index is 0.0390. The van der Waals surface area contributed by atoms with Crippen LogP contribution in [0.25, 0.3) is 0 Å². The standard InChI is InChI=1S/C18H21NO3S2/c1-2-3-4-7-21-12-5-6-13-14(8-12)22-9-11-10-23-17-16(15(11)13)24-18(20)19-17/h5-6,8,11,15H,2-4,7,9-10H2,1H3,(H,19,20)/t11-,15-/m0/s1. The van der Waals surface area contributed by atoms with Gasteiger partial charge in [-0.2, -0.15) is 0 Å². The summed E-state index contributed by atoms with van der Waals surface area (Å²) < 4.78 is 11.9. The molecule has 0 bridgehead atoms. The Balaban J connectivity index is 1.60. The Hall–Kier alpha value is -1.40. The van der Waals surface area contributed by atoms with Crippen molar-refractivity contribution in [3.05, 3.63) is 38.3 Å². The van der Waals surface area contributed by atoms with Crippen LogP contribution in [0, 0.1) is 5.92 Å². The van der Waals surface area contributed by atoms with Crippen molar-refractivity contribution in [1.29, 1.82) is 0 Å². The minimum absolute atomic E-state index is 0.0390. The lowest BCUT2D eigenvalue weighted by Crippen LogP contribution is -2.30. The third-order valence-corrected chi connectivity index (χ3v) is 6.93. The first-order chi connectivity index (χ1) is 11.8. The lowest BCUT2D eigenvalue weighted by Gasteiger charge is -2.36. The van der Waals surface area contributed by atoms with E-state index < -0.39 is 0 Å². The molecule has 4 rings (SSSR count). The maximum atomic E-state index is 11.8. The summed E-state index contributed by atoms with van der Waals surface area (Å²) in [6.45, 7) is 3.64. The van der Waals surface area contributed by atoms with Crippen molar-refractivity contribution < 1.29 is 9.47 Å². The number of aromatic nitrogens is 1. The van der Waals surface area contributed by atoms with E-state index in [0.717, 1.165) is 35.3 Å². The number of benzene rings is 1. The van der Waals surface area contributed by atoms with Crippen molar-refractivity contribution >= 4 is 23.1 Å². The second-order valence-corrected chi connectivity index (χ2v) is 8.37. The second-order valence-electron chi connectivity index (χ2n) is 6.32. The highest BCUT2D eigenvalue weighted by atomic mass is 32.2. The van der Waals surface area contributed by atoms with Gasteiger partial charge in [0.25, 0.3) is 0 Å². The summed E-state index contributed by atoms with van der Waals surface area (Å²) in [5.74, 6) is 3.46. The molecule has 0 unspecified atom stereocenters. The number of unbranched alkanes of at least 4 members (excludes halogenated alkanes) is 2. The summed E-state index contributed by atoms with van der Waals surface area (Å²) in [6.07, 6.45) is 3.47. The zero-order chi connectivity index (χ0) is 16.5. The van der Waals surface area contributed by atoms with Crippen molar-refractivity contribution in [2.45, 2.75) is 37.1 Å². The molecule has 2 aromatic rings. The Labute approximate surface area is 149 Å². The Morgan fingerprint density at radius 1 is 1.38 bits per heavy atom. The van der Waals surface area contributed by atoms with Crippen LogP contribution in [-0.4, -0.2) is 24.0 Å². The second kappa shape index (κ2) is 6.84. The van der Waals surface area contributed by atoms with Crippen molar-refractivity contribution in [2.75, 3.05) is 19.0 Å². The fourth-order valence-corrected chi connectivity index (χ4v) is 5.82. The van der Waals surface area contributed by atoms with Crippen molar-refractivity contribution in [2.24, 2.45) is 5.92 Å². The number of thioether (sulfide) groups is 1. The molecular weight excluding hydrogens is 342 g/mol. The van der Waals surface area contributed by atoms with Gasteiger partial charge in [0.1, 0.15) is 11.5 Å². The van der Waals surface area contributed by atoms with E-state index in [-0.39, 0.29) is 10.8 Å². The average molecular weight is 364 g/mol. The van der Waals surface area contributed by atoms with Crippen molar-refractivity contribution in [3.8, 4) is 11.5 Å². The molecule has 3 heterocycles. The summed E-state index contributed by atoms with van der Waals surface area (Å²) in [4.78, 5) is 15.9. The van der Waals surface area contributed by atoms with E-state index in [1.165, 1.54) is 34.6 Å². The van der Waals surface area contributed by atoms with Crippen LogP contribution in [0.4, 0.5) is 0 Å². The van der Waals surface area contributed by atoms with Gasteiger partial charge in [-0.05, 0) is 12.5 Å². The molecule has 4 nitrogen and oxygen atoms in total. The van der Waals surface area contributed by atoms with Crippen LogP contribution in [-0.2, 0) is 0 Å². The molecule has 1 aromatic carbocycles. The van der Waals surface area contributed by atoms with Gasteiger partial charge < -0.3 is 14.5 Å². The van der Waals surface area contributed by atoms with E-state index in [9.17, 15) is 4.79 Å². The van der Waals surface area contributed by atoms with Crippen LogP contribution in [0.2, 0.25) is 0 Å². The summed E-state index contributed by atoms with van der Waals surface area (Å²) in [6, 6.07) is 6.16. The highest BCUT2D eigenvalue weighted by molar-refractivity contribution is 7.99. The first-order valence-corrected chi connectivity index (χ1v) is 10.3. The van der Waals surface area contributed by atoms with Crippen molar-refractivity contribution in [1.82, 2.24) is 4.98 Å². The number of H-pyrrole nitrogens is 1. The molecule has 0 spiro atoms. The molecule has 2 aliphatic rings. The smallest absolute Gasteiger partial charge is 0.305 e. The first-order valence-electron chi connectivity index (χ1n) is 8.51. The quantitative estimate of drug-likeness (QED) is 0.807. The Kier molecular flexibility index (Phi) is 4.59. The Bertz CT molecular complexity index is 783. The molecule has 2 atom stereocenters. The van der Waals surface area contributed by atoms with E-state index in [2.05, 4.69) is 18.0 Å². The van der Waals surface area contributed by atoms with E-state index in [1.54, 1.807) is 11.8 Å². The van der Waals surface area contributed by atoms with Gasteiger partial charge in [-0.1, -0.05) is 37.2 Å². The van der Waals surface area contributed by atoms with Gasteiger partial charge in [0.05, 0.1) is 18.2 Å². The highest BCUT2D eigenvalue weighted by Crippen LogP contribution is 2.50. The third-order valence-electron chi connectivity index (χ3n) is 4.63. The Morgan fingerprint density at radius 3 is 3.17 bits per heavy atom. The molecule has 6 heteroatoms. The van der Waals surface area contributed by atoms with E-state index >= 15 is 0 Å². The number of hydrogen-bond acceptors (Lipinski definition) is 5. The van der Waals surface area contributed by atoms with Crippen LogP contribution in [0.15, 0.2) is 28.0 Å². The van der Waals surface area contributed by atoms with E-state index in [0.29, 0.717) is 12.5 Å². The summed E-state index contributed by atoms with van der Waals surface area (Å²) in [5, 5.41) is 1.04. The number of nitrogens with one attached hydrogen (secondary N) is 1. The number of fused-ring (bicyclic) bond motifs is 5. The number of rotatable bonds is 5. The van der Waals surface area contributed by atoms with Gasteiger partial charge >= 0.3 is 4.87 Å². The van der Waals surface area contributed by atoms with E-state index in [4.69, 9.17) is 9.47 Å². The van der Waals surface area contributed by atoms with Crippen LogP contribution < -0.4 is 14.3 Å². The highest BCUT2D eigenvalue weighted by Gasteiger charge is 2.38. The average Bonchev–Trinajstić information content (AvgIpc) is 2.98. The summed E-state index contributed by atoms with van der Waals surface area (Å²) in [5.41, 5.74) is 1.18. The molecule has 1 aromatic heterocycles. The fourth-order valence-electron chi connectivity index (χ4n) is 3.40. The number of aromatic amines is 1. The maximum Gasteiger partial charge on any atom is 0.305 e. The van der Waals surface area contributed by atoms with Gasteiger partial charge in [-0.3, -0.25) is 4.79 Å². The van der Waals surface area contributed by atoms with Crippen LogP contribution in [0.5, 0.6) is 11.5 Å². The molecule has 0 saturated carbocycles. The molecule has 0 aliphatic carbocycles. The van der Waals surface area contributed by atoms with Gasteiger partial charge in [-0.15, -0.1) is 11.8 Å². The van der Waals surface area contributed by atoms with Gasteiger partial charge in [0.2, 0.25) is 0 Å². The lowest BCUT2D eigenvalue weighted by molar-refractivity contribution is 0.217. The summed E-state index contributed by atoms with van der Waals surface area (Å²) >= 11 is 3.08. The van der Waals surface area contributed by atoms with Crippen LogP contribution in [0.3, 0.4) is 0 Å². The monoisotopic (exact) mass is 363 g/mol. The molecule has 0 amide bonds. The van der Waals surface area contributed by atoms with Gasteiger partial charge in [0, 0.05) is 34.1 Å². The minimum Gasteiger partial charge on any atom is -0.493 e. The van der Waals surface area contributed by atoms with Gasteiger partial charge in [0.15, 0.2) is 0 Å². The molecule has 0 saturated heterocycles. The molecule has 1 N–H and O–H groups in total. The maximum absolute atomic E-state index is 11.8. The van der Waals surface area contributed by atoms with Crippen LogP contribution >= 0.6 is 23.1 Å². The number of hydrogen-bond donors (Lipinski definition) is 1.